The molecule has 1 atom stereocenters. The van der Waals surface area contributed by atoms with Gasteiger partial charge in [0, 0.05) is 0 Å². The van der Waals surface area contributed by atoms with Crippen LogP contribution in [0.25, 0.3) is 0 Å². The molecule has 1 aromatic rings. The molecule has 0 saturated carbocycles. The smallest absolute Gasteiger partial charge is 0.317 e. The second-order valence-electron chi connectivity index (χ2n) is 4.42. The Morgan fingerprint density at radius 1 is 1.53 bits per heavy atom. The molecule has 0 aliphatic heterocycles. The first-order valence-corrected chi connectivity index (χ1v) is 5.78. The number of methoxy groups -OCH3 is 1. The van der Waals surface area contributed by atoms with Crippen LogP contribution in [-0.2, 0) is 21.4 Å². The second-order valence-corrected chi connectivity index (χ2v) is 4.42. The maximum absolute atomic E-state index is 12.1. The number of benzene rings is 1. The van der Waals surface area contributed by atoms with Gasteiger partial charge in [-0.2, -0.15) is 5.26 Å². The summed E-state index contributed by atoms with van der Waals surface area (Å²) >= 11 is 0. The van der Waals surface area contributed by atoms with Gasteiger partial charge in [0.05, 0.1) is 19.6 Å². The molecule has 0 N–H and O–H groups in total. The first kappa shape index (κ1) is 11.7. The van der Waals surface area contributed by atoms with Crippen molar-refractivity contribution in [2.75, 3.05) is 7.11 Å². The van der Waals surface area contributed by atoms with Crippen LogP contribution in [0.4, 0.5) is 0 Å². The third kappa shape index (κ3) is 1.80. The number of fused-ring (bicyclic) bond motifs is 1. The first-order chi connectivity index (χ1) is 8.24. The highest BCUT2D eigenvalue weighted by atomic mass is 16.5. The number of nitrogens with zero attached hydrogens (tertiary/aromatic N) is 1. The number of carbonyl (C=O) groups excluding carboxylic acids is 1. The molecular weight excluding hydrogens is 214 g/mol. The van der Waals surface area contributed by atoms with E-state index in [0.29, 0.717) is 6.42 Å². The molecule has 0 saturated heterocycles. The van der Waals surface area contributed by atoms with Gasteiger partial charge < -0.3 is 4.74 Å². The predicted octanol–water partition coefficient (Wildman–Crippen LogP) is 2.35. The summed E-state index contributed by atoms with van der Waals surface area (Å²) in [5.74, 6) is -0.286. The van der Waals surface area contributed by atoms with E-state index in [-0.39, 0.29) is 12.4 Å². The molecule has 1 unspecified atom stereocenters. The van der Waals surface area contributed by atoms with Crippen molar-refractivity contribution in [3.63, 3.8) is 0 Å². The molecule has 3 heteroatoms. The van der Waals surface area contributed by atoms with Gasteiger partial charge in [0.1, 0.15) is 5.41 Å². The lowest BCUT2D eigenvalue weighted by atomic mass is 9.68. The molecule has 0 radical (unpaired) electrons. The summed E-state index contributed by atoms with van der Waals surface area (Å²) in [6.45, 7) is 0. The fourth-order valence-corrected chi connectivity index (χ4v) is 2.72. The number of ether oxygens (including phenoxy) is 1. The molecule has 3 nitrogen and oxygen atoms in total. The van der Waals surface area contributed by atoms with Crippen LogP contribution >= 0.6 is 0 Å². The summed E-state index contributed by atoms with van der Waals surface area (Å²) in [7, 11) is 1.39. The highest BCUT2D eigenvalue weighted by molar-refractivity contribution is 5.84. The second kappa shape index (κ2) is 4.58. The number of rotatable bonds is 2. The number of nitriles is 1. The Kier molecular flexibility index (Phi) is 3.14. The van der Waals surface area contributed by atoms with Crippen molar-refractivity contribution in [2.24, 2.45) is 0 Å². The lowest BCUT2D eigenvalue weighted by molar-refractivity contribution is -0.148. The van der Waals surface area contributed by atoms with Gasteiger partial charge in [-0.1, -0.05) is 24.3 Å². The summed E-state index contributed by atoms with van der Waals surface area (Å²) in [6, 6.07) is 10.00. The van der Waals surface area contributed by atoms with Gasteiger partial charge in [-0.25, -0.2) is 0 Å². The molecule has 0 fully saturated rings. The normalized spacial score (nSPS) is 22.4. The molecule has 17 heavy (non-hydrogen) atoms. The van der Waals surface area contributed by atoms with Crippen LogP contribution in [0, 0.1) is 11.3 Å². The lowest BCUT2D eigenvalue weighted by Gasteiger charge is -2.34. The molecule has 1 aromatic carbocycles. The largest absolute Gasteiger partial charge is 0.468 e. The number of aryl methyl sites for hydroxylation is 1. The van der Waals surface area contributed by atoms with Gasteiger partial charge in [0.25, 0.3) is 0 Å². The number of hydrogen-bond acceptors (Lipinski definition) is 3. The van der Waals surface area contributed by atoms with Crippen LogP contribution in [0.5, 0.6) is 0 Å². The minimum absolute atomic E-state index is 0.191. The van der Waals surface area contributed by atoms with E-state index in [4.69, 9.17) is 10.00 Å². The van der Waals surface area contributed by atoms with E-state index in [1.165, 1.54) is 12.7 Å². The highest BCUT2D eigenvalue weighted by Gasteiger charge is 2.44. The molecule has 1 aliphatic rings. The van der Waals surface area contributed by atoms with Crippen molar-refractivity contribution in [1.82, 2.24) is 0 Å². The Morgan fingerprint density at radius 3 is 3.00 bits per heavy atom. The van der Waals surface area contributed by atoms with Crippen molar-refractivity contribution in [2.45, 2.75) is 31.1 Å². The van der Waals surface area contributed by atoms with Gasteiger partial charge in [-0.15, -0.1) is 0 Å². The number of hydrogen-bond donors (Lipinski definition) is 0. The van der Waals surface area contributed by atoms with E-state index in [0.717, 1.165) is 18.4 Å². The van der Waals surface area contributed by atoms with E-state index >= 15 is 0 Å². The Bertz CT molecular complexity index is 475. The predicted molar refractivity (Wildman–Crippen MR) is 63.3 cm³/mol. The number of carbonyl (C=O) groups is 1. The molecule has 0 bridgehead atoms. The molecule has 0 spiro atoms. The topological polar surface area (TPSA) is 50.1 Å². The van der Waals surface area contributed by atoms with E-state index in [9.17, 15) is 4.79 Å². The quantitative estimate of drug-likeness (QED) is 0.731. The molecular formula is C14H15NO2. The van der Waals surface area contributed by atoms with Crippen molar-refractivity contribution in [1.29, 1.82) is 5.26 Å². The van der Waals surface area contributed by atoms with Gasteiger partial charge in [-0.3, -0.25) is 4.79 Å². The zero-order valence-electron chi connectivity index (χ0n) is 9.90. The molecule has 1 aliphatic carbocycles. The van der Waals surface area contributed by atoms with E-state index < -0.39 is 5.41 Å². The van der Waals surface area contributed by atoms with Crippen molar-refractivity contribution >= 4 is 5.97 Å². The van der Waals surface area contributed by atoms with Crippen molar-refractivity contribution in [3.8, 4) is 6.07 Å². The van der Waals surface area contributed by atoms with Crippen LogP contribution in [0.3, 0.4) is 0 Å². The molecule has 0 amide bonds. The standard InChI is InChI=1S/C14H15NO2/c1-17-13(16)14(9-10-15)8-4-6-11-5-2-3-7-12(11)14/h2-3,5,7H,4,6,8-9H2,1H3. The minimum Gasteiger partial charge on any atom is -0.468 e. The summed E-state index contributed by atoms with van der Waals surface area (Å²) in [4.78, 5) is 12.1. The molecule has 2 rings (SSSR count). The molecule has 0 heterocycles. The summed E-state index contributed by atoms with van der Waals surface area (Å²) in [5, 5.41) is 9.00. The maximum Gasteiger partial charge on any atom is 0.317 e. The average Bonchev–Trinajstić information content (AvgIpc) is 2.38. The van der Waals surface area contributed by atoms with Crippen LogP contribution in [0.1, 0.15) is 30.4 Å². The zero-order valence-corrected chi connectivity index (χ0v) is 9.90. The van der Waals surface area contributed by atoms with Gasteiger partial charge in [0.2, 0.25) is 0 Å². The van der Waals surface area contributed by atoms with Gasteiger partial charge in [0.15, 0.2) is 0 Å². The SMILES string of the molecule is COC(=O)C1(CC#N)CCCc2ccccc21. The Balaban J connectivity index is 2.55. The lowest BCUT2D eigenvalue weighted by Crippen LogP contribution is -2.39. The van der Waals surface area contributed by atoms with Crippen molar-refractivity contribution in [3.05, 3.63) is 35.4 Å². The fourth-order valence-electron chi connectivity index (χ4n) is 2.72. The summed E-state index contributed by atoms with van der Waals surface area (Å²) in [6.07, 6.45) is 2.79. The van der Waals surface area contributed by atoms with E-state index in [1.54, 1.807) is 0 Å². The summed E-state index contributed by atoms with van der Waals surface area (Å²) in [5.41, 5.74) is 1.39. The Labute approximate surface area is 101 Å². The monoisotopic (exact) mass is 229 g/mol. The van der Waals surface area contributed by atoms with Crippen LogP contribution < -0.4 is 0 Å². The zero-order chi connectivity index (χ0) is 12.3. The first-order valence-electron chi connectivity index (χ1n) is 5.78. The molecule has 88 valence electrons. The van der Waals surface area contributed by atoms with Crippen LogP contribution in [0.15, 0.2) is 24.3 Å². The minimum atomic E-state index is -0.752. The van der Waals surface area contributed by atoms with Crippen LogP contribution in [0.2, 0.25) is 0 Å². The van der Waals surface area contributed by atoms with E-state index in [2.05, 4.69) is 6.07 Å². The molecule has 0 aromatic heterocycles. The highest BCUT2D eigenvalue weighted by Crippen LogP contribution is 2.40. The third-order valence-electron chi connectivity index (χ3n) is 3.54. The Hall–Kier alpha value is -1.82. The summed E-state index contributed by atoms with van der Waals surface area (Å²) < 4.78 is 4.91. The maximum atomic E-state index is 12.1. The Morgan fingerprint density at radius 2 is 2.29 bits per heavy atom. The van der Waals surface area contributed by atoms with Gasteiger partial charge in [-0.05, 0) is 30.4 Å². The van der Waals surface area contributed by atoms with Crippen molar-refractivity contribution < 1.29 is 9.53 Å². The van der Waals surface area contributed by atoms with E-state index in [1.807, 2.05) is 24.3 Å². The average molecular weight is 229 g/mol. The fraction of sp³-hybridized carbons (Fsp3) is 0.429. The van der Waals surface area contributed by atoms with Crippen LogP contribution in [-0.4, -0.2) is 13.1 Å². The van der Waals surface area contributed by atoms with Gasteiger partial charge >= 0.3 is 5.97 Å². The number of esters is 1. The third-order valence-corrected chi connectivity index (χ3v) is 3.54.